The maximum absolute atomic E-state index is 8.85. The second-order valence-corrected chi connectivity index (χ2v) is 5.55. The van der Waals surface area contributed by atoms with Crippen molar-refractivity contribution < 1.29 is 0 Å². The van der Waals surface area contributed by atoms with Crippen LogP contribution < -0.4 is 5.32 Å². The van der Waals surface area contributed by atoms with Crippen LogP contribution >= 0.6 is 11.6 Å². The number of hydrogen-bond acceptors (Lipinski definition) is 6. The molecule has 0 saturated carbocycles. The van der Waals surface area contributed by atoms with Crippen molar-refractivity contribution in [2.45, 2.75) is 0 Å². The van der Waals surface area contributed by atoms with E-state index >= 15 is 0 Å². The molecule has 6 nitrogen and oxygen atoms in total. The van der Waals surface area contributed by atoms with E-state index < -0.39 is 0 Å². The van der Waals surface area contributed by atoms with E-state index in [1.807, 2.05) is 12.1 Å². The molecule has 0 radical (unpaired) electrons. The summed E-state index contributed by atoms with van der Waals surface area (Å²) in [7, 11) is 1.76. The Bertz CT molecular complexity index is 1020. The number of nitrogens with zero attached hydrogens (tertiary/aromatic N) is 4. The van der Waals surface area contributed by atoms with Crippen LogP contribution in [0.4, 0.5) is 0 Å². The van der Waals surface area contributed by atoms with E-state index in [2.05, 4.69) is 20.3 Å². The third-order valence-corrected chi connectivity index (χ3v) is 3.75. The first-order valence-corrected chi connectivity index (χ1v) is 7.75. The number of pyridine rings is 3. The van der Waals surface area contributed by atoms with Crippen molar-refractivity contribution in [1.82, 2.24) is 20.3 Å². The van der Waals surface area contributed by atoms with Crippen molar-refractivity contribution in [2.75, 3.05) is 7.05 Å². The van der Waals surface area contributed by atoms with Crippen molar-refractivity contribution in [3.8, 4) is 6.07 Å². The Morgan fingerprint density at radius 2 is 1.96 bits per heavy atom. The Kier molecular flexibility index (Phi) is 4.68. The van der Waals surface area contributed by atoms with Crippen molar-refractivity contribution in [3.05, 3.63) is 70.9 Å². The van der Waals surface area contributed by atoms with Crippen LogP contribution in [0, 0.1) is 16.7 Å². The fourth-order valence-electron chi connectivity index (χ4n) is 2.34. The molecular formula is C18H13ClN6. The number of nitriles is 1. The van der Waals surface area contributed by atoms with Crippen molar-refractivity contribution in [3.63, 3.8) is 0 Å². The number of allylic oxidation sites excluding steroid dienone is 1. The van der Waals surface area contributed by atoms with Crippen LogP contribution in [0.5, 0.6) is 0 Å². The minimum atomic E-state index is 0.259. The fraction of sp³-hybridized carbons (Fsp3) is 0.0556. The summed E-state index contributed by atoms with van der Waals surface area (Å²) in [5, 5.41) is 20.7. The molecule has 0 aliphatic rings. The normalized spacial score (nSPS) is 11.2. The van der Waals surface area contributed by atoms with E-state index in [-0.39, 0.29) is 5.71 Å². The molecule has 0 fully saturated rings. The van der Waals surface area contributed by atoms with Gasteiger partial charge < -0.3 is 5.32 Å². The maximum atomic E-state index is 8.85. The van der Waals surface area contributed by atoms with Crippen LogP contribution in [0.3, 0.4) is 0 Å². The average molecular weight is 349 g/mol. The Morgan fingerprint density at radius 3 is 2.64 bits per heavy atom. The van der Waals surface area contributed by atoms with Crippen molar-refractivity contribution >= 4 is 33.9 Å². The summed E-state index contributed by atoms with van der Waals surface area (Å²) in [4.78, 5) is 12.7. The third-order valence-electron chi connectivity index (χ3n) is 3.54. The lowest BCUT2D eigenvalue weighted by atomic mass is 9.98. The maximum Gasteiger partial charge on any atom is 0.140 e. The Hall–Kier alpha value is -3.30. The van der Waals surface area contributed by atoms with Gasteiger partial charge in [0.2, 0.25) is 0 Å². The van der Waals surface area contributed by atoms with Crippen molar-refractivity contribution in [1.29, 1.82) is 10.7 Å². The van der Waals surface area contributed by atoms with E-state index in [0.717, 1.165) is 11.1 Å². The highest BCUT2D eigenvalue weighted by atomic mass is 35.5. The molecule has 0 aliphatic heterocycles. The number of halogens is 1. The minimum Gasteiger partial charge on any atom is -0.393 e. The molecular weight excluding hydrogens is 336 g/mol. The van der Waals surface area contributed by atoms with Crippen molar-refractivity contribution in [2.24, 2.45) is 0 Å². The predicted octanol–water partition coefficient (Wildman–Crippen LogP) is 3.18. The van der Waals surface area contributed by atoms with E-state index in [1.165, 1.54) is 6.20 Å². The summed E-state index contributed by atoms with van der Waals surface area (Å²) < 4.78 is 0. The zero-order valence-corrected chi connectivity index (χ0v) is 14.0. The molecule has 0 bridgehead atoms. The van der Waals surface area contributed by atoms with Gasteiger partial charge in [-0.2, -0.15) is 5.26 Å². The number of aromatic nitrogens is 3. The van der Waals surface area contributed by atoms with Gasteiger partial charge in [-0.1, -0.05) is 11.6 Å². The molecule has 0 unspecified atom stereocenters. The minimum absolute atomic E-state index is 0.259. The van der Waals surface area contributed by atoms with Gasteiger partial charge in [-0.05, 0) is 30.3 Å². The van der Waals surface area contributed by atoms with Gasteiger partial charge in [0, 0.05) is 42.3 Å². The standard InChI is InChI=1S/C18H13ClN6/c1-22-10-14(18(21)11-2-3-13(7-20)23-8-11)12-6-16-15(24-9-12)4-5-17(19)25-16/h2-6,8-10,21-22H,1H3/b14-10-,21-18?. The van der Waals surface area contributed by atoms with Gasteiger partial charge in [0.05, 0.1) is 16.7 Å². The molecule has 2 N–H and O–H groups in total. The zero-order valence-electron chi connectivity index (χ0n) is 13.3. The summed E-state index contributed by atoms with van der Waals surface area (Å²) in [6.45, 7) is 0. The Labute approximate surface area is 149 Å². The molecule has 122 valence electrons. The average Bonchev–Trinajstić information content (AvgIpc) is 2.65. The first-order chi connectivity index (χ1) is 12.1. The van der Waals surface area contributed by atoms with Crippen LogP contribution in [-0.2, 0) is 0 Å². The molecule has 3 aromatic rings. The van der Waals surface area contributed by atoms with E-state index in [9.17, 15) is 0 Å². The topological polar surface area (TPSA) is 98.3 Å². The van der Waals surface area contributed by atoms with Gasteiger partial charge in [0.15, 0.2) is 0 Å². The van der Waals surface area contributed by atoms with Crippen LogP contribution in [-0.4, -0.2) is 27.7 Å². The molecule has 0 saturated heterocycles. The largest absolute Gasteiger partial charge is 0.393 e. The lowest BCUT2D eigenvalue weighted by molar-refractivity contribution is 1.11. The zero-order chi connectivity index (χ0) is 17.8. The third kappa shape index (κ3) is 3.47. The molecule has 0 spiro atoms. The molecule has 3 aromatic heterocycles. The van der Waals surface area contributed by atoms with Gasteiger partial charge >= 0.3 is 0 Å². The van der Waals surface area contributed by atoms with E-state index in [0.29, 0.717) is 27.5 Å². The monoisotopic (exact) mass is 348 g/mol. The molecule has 3 heterocycles. The van der Waals surface area contributed by atoms with Crippen LogP contribution in [0.25, 0.3) is 16.6 Å². The van der Waals surface area contributed by atoms with Gasteiger partial charge in [0.1, 0.15) is 16.9 Å². The molecule has 0 aromatic carbocycles. The summed E-state index contributed by atoms with van der Waals surface area (Å²) in [6, 6.07) is 10.6. The first-order valence-electron chi connectivity index (χ1n) is 7.38. The second kappa shape index (κ2) is 7.07. The number of fused-ring (bicyclic) bond motifs is 1. The Balaban J connectivity index is 2.04. The van der Waals surface area contributed by atoms with Crippen LogP contribution in [0.15, 0.2) is 48.9 Å². The lowest BCUT2D eigenvalue weighted by Crippen LogP contribution is -2.08. The lowest BCUT2D eigenvalue weighted by Gasteiger charge is -2.10. The van der Waals surface area contributed by atoms with Crippen LogP contribution in [0.2, 0.25) is 5.15 Å². The van der Waals surface area contributed by atoms with Crippen LogP contribution in [0.1, 0.15) is 16.8 Å². The molecule has 25 heavy (non-hydrogen) atoms. The van der Waals surface area contributed by atoms with Gasteiger partial charge in [0.25, 0.3) is 0 Å². The molecule has 0 atom stereocenters. The van der Waals surface area contributed by atoms with E-state index in [4.69, 9.17) is 22.3 Å². The van der Waals surface area contributed by atoms with Gasteiger partial charge in [-0.3, -0.25) is 10.4 Å². The highest BCUT2D eigenvalue weighted by Crippen LogP contribution is 2.22. The summed E-state index contributed by atoms with van der Waals surface area (Å²) >= 11 is 5.96. The number of nitrogens with one attached hydrogen (secondary N) is 2. The second-order valence-electron chi connectivity index (χ2n) is 5.16. The summed E-state index contributed by atoms with van der Waals surface area (Å²) in [5.74, 6) is 0. The molecule has 0 amide bonds. The SMILES string of the molecule is CN/C=C(\C(=N)c1ccc(C#N)nc1)c1cnc2ccc(Cl)nc2c1. The summed E-state index contributed by atoms with van der Waals surface area (Å²) in [5.41, 5.74) is 3.90. The van der Waals surface area contributed by atoms with Gasteiger partial charge in [-0.25, -0.2) is 9.97 Å². The highest BCUT2D eigenvalue weighted by molar-refractivity contribution is 6.30. The summed E-state index contributed by atoms with van der Waals surface area (Å²) in [6.07, 6.45) is 4.91. The van der Waals surface area contributed by atoms with E-state index in [1.54, 1.807) is 43.7 Å². The smallest absolute Gasteiger partial charge is 0.140 e. The van der Waals surface area contributed by atoms with Gasteiger partial charge in [-0.15, -0.1) is 0 Å². The molecule has 3 rings (SSSR count). The fourth-order valence-corrected chi connectivity index (χ4v) is 2.49. The molecule has 0 aliphatic carbocycles. The first kappa shape index (κ1) is 16.6. The molecule has 7 heteroatoms. The number of rotatable bonds is 4. The highest BCUT2D eigenvalue weighted by Gasteiger charge is 2.13. The quantitative estimate of drug-likeness (QED) is 0.557. The predicted molar refractivity (Wildman–Crippen MR) is 97.4 cm³/mol. The Morgan fingerprint density at radius 1 is 1.16 bits per heavy atom. The number of hydrogen-bond donors (Lipinski definition) is 2.